The third-order valence-electron chi connectivity index (χ3n) is 6.90. The maximum atomic E-state index is 14.2. The van der Waals surface area contributed by atoms with Crippen molar-refractivity contribution < 1.29 is 23.8 Å². The van der Waals surface area contributed by atoms with Crippen LogP contribution in [0.25, 0.3) is 0 Å². The molecule has 222 valence electrons. The number of aromatic nitrogens is 3. The molecule has 8 nitrogen and oxygen atoms in total. The summed E-state index contributed by atoms with van der Waals surface area (Å²) >= 11 is 3.61. The lowest BCUT2D eigenvalue weighted by molar-refractivity contribution is -0.117. The van der Waals surface area contributed by atoms with Crippen LogP contribution in [-0.4, -0.2) is 32.0 Å². The number of rotatable bonds is 10. The second kappa shape index (κ2) is 12.7. The van der Waals surface area contributed by atoms with Gasteiger partial charge in [-0.3, -0.25) is 14.5 Å². The molecule has 44 heavy (non-hydrogen) atoms. The van der Waals surface area contributed by atoms with Crippen molar-refractivity contribution in [1.82, 2.24) is 15.2 Å². The Hall–Kier alpha value is -4.39. The molecule has 0 saturated carbocycles. The number of halogens is 1. The smallest absolute Gasteiger partial charge is 0.296 e. The minimum absolute atomic E-state index is 0.0716. The Bertz CT molecular complexity index is 1890. The van der Waals surface area contributed by atoms with Crippen molar-refractivity contribution >= 4 is 51.3 Å². The van der Waals surface area contributed by atoms with E-state index in [9.17, 15) is 19.1 Å². The Morgan fingerprint density at radius 2 is 1.80 bits per heavy atom. The number of thiazole rings is 1. The molecule has 0 radical (unpaired) electrons. The number of carbonyl (C=O) groups excluding carboxylic acids is 2. The molecule has 1 N–H and O–H groups in total. The summed E-state index contributed by atoms with van der Waals surface area (Å²) in [5.41, 5.74) is 2.49. The molecule has 0 aliphatic carbocycles. The minimum atomic E-state index is -1.01. The van der Waals surface area contributed by atoms with Crippen molar-refractivity contribution in [3.8, 4) is 5.75 Å². The molecule has 5 aromatic rings. The van der Waals surface area contributed by atoms with E-state index in [2.05, 4.69) is 15.2 Å². The number of nitrogens with zero attached hydrogens (tertiary/aromatic N) is 4. The largest absolute Gasteiger partial charge is 0.503 e. The number of Topliss-reactive ketones (excluding diaryl/α,β-unsaturated/α-hetero) is 1. The number of anilines is 1. The molecule has 1 atom stereocenters. The Labute approximate surface area is 264 Å². The van der Waals surface area contributed by atoms with Crippen molar-refractivity contribution in [3.63, 3.8) is 0 Å². The maximum absolute atomic E-state index is 14.2. The van der Waals surface area contributed by atoms with Gasteiger partial charge in [0.15, 0.2) is 10.1 Å². The van der Waals surface area contributed by atoms with Gasteiger partial charge in [0, 0.05) is 5.75 Å². The summed E-state index contributed by atoms with van der Waals surface area (Å²) < 4.78 is 20.7. The molecule has 6 rings (SSSR count). The summed E-state index contributed by atoms with van der Waals surface area (Å²) in [7, 11) is 0. The fourth-order valence-corrected chi connectivity index (χ4v) is 7.57. The van der Waals surface area contributed by atoms with E-state index in [1.54, 1.807) is 56.3 Å². The summed E-state index contributed by atoms with van der Waals surface area (Å²) in [6.07, 6.45) is 0. The van der Waals surface area contributed by atoms with E-state index in [1.165, 1.54) is 34.1 Å². The molecule has 3 heterocycles. The Balaban J connectivity index is 1.35. The molecule has 1 aliphatic heterocycles. The second-order valence-electron chi connectivity index (χ2n) is 9.89. The number of aliphatic hydroxyl groups is 1. The quantitative estimate of drug-likeness (QED) is 0.0953. The van der Waals surface area contributed by atoms with Crippen molar-refractivity contribution in [2.45, 2.75) is 36.6 Å². The Morgan fingerprint density at radius 3 is 2.55 bits per heavy atom. The zero-order valence-electron chi connectivity index (χ0n) is 23.6. The van der Waals surface area contributed by atoms with Crippen LogP contribution in [0.1, 0.15) is 43.1 Å². The third kappa shape index (κ3) is 6.01. The maximum Gasteiger partial charge on any atom is 0.296 e. The molecule has 0 bridgehead atoms. The van der Waals surface area contributed by atoms with Crippen LogP contribution in [-0.2, 0) is 17.2 Å². The first kappa shape index (κ1) is 29.7. The molecular weight excluding hydrogens is 620 g/mol. The van der Waals surface area contributed by atoms with E-state index in [0.717, 1.165) is 16.9 Å². The predicted octanol–water partition coefficient (Wildman–Crippen LogP) is 7.40. The molecule has 2 aromatic heterocycles. The molecule has 12 heteroatoms. The molecule has 3 aromatic carbocycles. The van der Waals surface area contributed by atoms with Gasteiger partial charge in [0.2, 0.25) is 10.9 Å². The molecule has 1 aliphatic rings. The number of ether oxygens (including phenoxy) is 1. The van der Waals surface area contributed by atoms with Gasteiger partial charge in [-0.1, -0.05) is 83.8 Å². The highest BCUT2D eigenvalue weighted by Crippen LogP contribution is 2.45. The van der Waals surface area contributed by atoms with E-state index in [4.69, 9.17) is 4.74 Å². The van der Waals surface area contributed by atoms with Gasteiger partial charge < -0.3 is 9.84 Å². The topological polar surface area (TPSA) is 106 Å². The Morgan fingerprint density at radius 1 is 1.02 bits per heavy atom. The highest BCUT2D eigenvalue weighted by Gasteiger charge is 2.47. The fraction of sp³-hybridized carbons (Fsp3) is 0.156. The number of ketones is 1. The highest BCUT2D eigenvalue weighted by molar-refractivity contribution is 8.00. The zero-order chi connectivity index (χ0) is 30.8. The monoisotopic (exact) mass is 644 g/mol. The number of amides is 1. The molecular formula is C32H25FN4O4S3. The normalized spacial score (nSPS) is 14.8. The van der Waals surface area contributed by atoms with E-state index < -0.39 is 23.5 Å². The highest BCUT2D eigenvalue weighted by atomic mass is 32.2. The van der Waals surface area contributed by atoms with Crippen LogP contribution >= 0.6 is 34.4 Å². The van der Waals surface area contributed by atoms with Crippen molar-refractivity contribution in [2.75, 3.05) is 4.90 Å². The van der Waals surface area contributed by atoms with Gasteiger partial charge in [0.1, 0.15) is 18.2 Å². The van der Waals surface area contributed by atoms with Gasteiger partial charge >= 0.3 is 0 Å². The van der Waals surface area contributed by atoms with Gasteiger partial charge in [0.05, 0.1) is 27.2 Å². The molecule has 0 fully saturated rings. The van der Waals surface area contributed by atoms with Crippen molar-refractivity contribution in [1.29, 1.82) is 0 Å². The first-order chi connectivity index (χ1) is 21.3. The van der Waals surface area contributed by atoms with E-state index >= 15 is 0 Å². The van der Waals surface area contributed by atoms with Crippen LogP contribution in [0.3, 0.4) is 0 Å². The number of thioether (sulfide) groups is 1. The first-order valence-electron chi connectivity index (χ1n) is 13.5. The summed E-state index contributed by atoms with van der Waals surface area (Å²) in [6, 6.07) is 22.2. The standard InChI is InChI=1S/C32H25FN4O4S3/c1-18-29(43-19(2)34-18)27(38)25-26(21-12-8-13-23(15-21)41-16-20-9-4-3-5-10-20)37(30(40)28(25)39)31-35-36-32(44-31)42-17-22-11-6-7-14-24(22)33/h3-15,26,39H,16-17H2,1-2H3. The molecule has 1 amide bonds. The number of benzene rings is 3. The number of hydrogen-bond donors (Lipinski definition) is 1. The lowest BCUT2D eigenvalue weighted by Gasteiger charge is -2.24. The zero-order valence-corrected chi connectivity index (χ0v) is 26.0. The average molecular weight is 645 g/mol. The first-order valence-corrected chi connectivity index (χ1v) is 16.1. The Kier molecular flexibility index (Phi) is 8.56. The van der Waals surface area contributed by atoms with Crippen LogP contribution in [0.5, 0.6) is 5.75 Å². The lowest BCUT2D eigenvalue weighted by atomic mass is 9.95. The summed E-state index contributed by atoms with van der Waals surface area (Å²) in [5.74, 6) is -1.39. The van der Waals surface area contributed by atoms with E-state index in [0.29, 0.717) is 49.2 Å². The summed E-state index contributed by atoms with van der Waals surface area (Å²) in [5, 5.41) is 20.5. The lowest BCUT2D eigenvalue weighted by Crippen LogP contribution is -2.31. The minimum Gasteiger partial charge on any atom is -0.503 e. The van der Waals surface area contributed by atoms with E-state index in [1.807, 2.05) is 30.3 Å². The fourth-order valence-electron chi connectivity index (χ4n) is 4.84. The van der Waals surface area contributed by atoms with Crippen LogP contribution in [0.4, 0.5) is 9.52 Å². The van der Waals surface area contributed by atoms with Crippen molar-refractivity contribution in [3.05, 3.63) is 128 Å². The van der Waals surface area contributed by atoms with Gasteiger partial charge in [0.25, 0.3) is 5.91 Å². The number of aliphatic hydroxyl groups excluding tert-OH is 1. The van der Waals surface area contributed by atoms with Crippen LogP contribution in [0.2, 0.25) is 0 Å². The van der Waals surface area contributed by atoms with E-state index in [-0.39, 0.29) is 16.5 Å². The number of carbonyl (C=O) groups is 2. The molecule has 1 unspecified atom stereocenters. The molecule has 0 saturated heterocycles. The van der Waals surface area contributed by atoms with Crippen LogP contribution < -0.4 is 9.64 Å². The second-order valence-corrected chi connectivity index (χ2v) is 13.3. The van der Waals surface area contributed by atoms with Gasteiger partial charge in [-0.25, -0.2) is 9.37 Å². The summed E-state index contributed by atoms with van der Waals surface area (Å²) in [4.78, 5) is 33.6. The third-order valence-corrected chi connectivity index (χ3v) is 10.1. The van der Waals surface area contributed by atoms with Crippen molar-refractivity contribution in [2.24, 2.45) is 0 Å². The molecule has 0 spiro atoms. The summed E-state index contributed by atoms with van der Waals surface area (Å²) in [6.45, 7) is 3.84. The number of aryl methyl sites for hydroxylation is 2. The average Bonchev–Trinajstić information content (AvgIpc) is 3.71. The number of hydrogen-bond acceptors (Lipinski definition) is 10. The van der Waals surface area contributed by atoms with Gasteiger partial charge in [-0.2, -0.15) is 0 Å². The van der Waals surface area contributed by atoms with Gasteiger partial charge in [-0.15, -0.1) is 21.5 Å². The van der Waals surface area contributed by atoms with Gasteiger partial charge in [-0.05, 0) is 48.7 Å². The van der Waals surface area contributed by atoms with Crippen LogP contribution in [0.15, 0.2) is 94.5 Å². The van der Waals surface area contributed by atoms with Crippen LogP contribution in [0, 0.1) is 19.7 Å². The SMILES string of the molecule is Cc1nc(C)c(C(=O)C2=C(O)C(=O)N(c3nnc(SCc4ccccc4F)s3)C2c2cccc(OCc3ccccc3)c2)s1. The predicted molar refractivity (Wildman–Crippen MR) is 169 cm³/mol.